The lowest BCUT2D eigenvalue weighted by atomic mass is 9.95. The molecular weight excluding hydrogens is 424 g/mol. The van der Waals surface area contributed by atoms with Gasteiger partial charge in [0.05, 0.1) is 0 Å². The largest absolute Gasteiger partial charge is 0.397 e. The van der Waals surface area contributed by atoms with Gasteiger partial charge in [0.15, 0.2) is 0 Å². The van der Waals surface area contributed by atoms with Gasteiger partial charge in [-0.25, -0.2) is 0 Å². The lowest BCUT2D eigenvalue weighted by molar-refractivity contribution is 0.318. The molecule has 0 saturated carbocycles. The van der Waals surface area contributed by atoms with Crippen LogP contribution in [0.1, 0.15) is 207 Å². The maximum absolute atomic E-state index is 7.57. The molecule has 0 aromatic carbocycles. The zero-order valence-corrected chi connectivity index (χ0v) is 25.5. The molecule has 0 aromatic heterocycles. The Hall–Kier alpha value is -0.0400. The van der Waals surface area contributed by atoms with Crippen molar-refractivity contribution in [3.8, 4) is 0 Å². The Kier molecular flexibility index (Phi) is 38.3. The van der Waals surface area contributed by atoms with Gasteiger partial charge in [-0.15, -0.1) is 0 Å². The first-order valence-electron chi connectivity index (χ1n) is 16.8. The van der Waals surface area contributed by atoms with Gasteiger partial charge < -0.3 is 5.11 Å². The van der Waals surface area contributed by atoms with Gasteiger partial charge in [-0.1, -0.05) is 201 Å². The minimum Gasteiger partial charge on any atom is -0.397 e. The number of aliphatic hydroxyl groups is 1. The van der Waals surface area contributed by atoms with Crippen molar-refractivity contribution in [3.05, 3.63) is 0 Å². The molecule has 1 heteroatoms. The summed E-state index contributed by atoms with van der Waals surface area (Å²) >= 11 is 0. The second kappa shape index (κ2) is 36.1. The second-order valence-electron chi connectivity index (χ2n) is 11.5. The number of aliphatic hydroxyl groups excluding tert-OH is 1. The Morgan fingerprint density at radius 2 is 0.514 bits per heavy atom. The zero-order chi connectivity index (χ0) is 26.1. The molecule has 0 saturated heterocycles. The highest BCUT2D eigenvalue weighted by atomic mass is 16.2. The van der Waals surface area contributed by atoms with Gasteiger partial charge in [0.1, 0.15) is 0 Å². The van der Waals surface area contributed by atoms with Gasteiger partial charge in [-0.2, -0.15) is 0 Å². The molecule has 0 aliphatic rings. The quantitative estimate of drug-likeness (QED) is 0.107. The van der Waals surface area contributed by atoms with Gasteiger partial charge in [-0.05, 0) is 12.8 Å². The molecule has 0 aromatic rings. The average molecular weight is 497 g/mol. The van der Waals surface area contributed by atoms with E-state index in [1.54, 1.807) is 6.92 Å². The van der Waals surface area contributed by atoms with Crippen molar-refractivity contribution in [2.75, 3.05) is 6.61 Å². The van der Waals surface area contributed by atoms with Crippen LogP contribution >= 0.6 is 0 Å². The molecule has 0 radical (unpaired) electrons. The highest BCUT2D eigenvalue weighted by Crippen LogP contribution is 2.19. The number of hydrogen-bond donors (Lipinski definition) is 1. The molecule has 1 N–H and O–H groups in total. The van der Waals surface area contributed by atoms with Crippen LogP contribution < -0.4 is 0 Å². The predicted octanol–water partition coefficient (Wildman–Crippen LogP) is 12.6. The average Bonchev–Trinajstić information content (AvgIpc) is 2.85. The van der Waals surface area contributed by atoms with Crippen LogP contribution in [0, 0.1) is 5.92 Å². The second-order valence-corrected chi connectivity index (χ2v) is 11.5. The molecule has 1 nitrogen and oxygen atoms in total. The van der Waals surface area contributed by atoms with Crippen molar-refractivity contribution in [1.29, 1.82) is 0 Å². The summed E-state index contributed by atoms with van der Waals surface area (Å²) in [6.45, 7) is 9.04. The van der Waals surface area contributed by atoms with E-state index in [2.05, 4.69) is 20.8 Å². The van der Waals surface area contributed by atoms with Gasteiger partial charge >= 0.3 is 0 Å². The van der Waals surface area contributed by atoms with Crippen LogP contribution in [0.5, 0.6) is 0 Å². The third kappa shape index (κ3) is 38.6. The summed E-state index contributed by atoms with van der Waals surface area (Å²) in [5.74, 6) is 0.968. The van der Waals surface area contributed by atoms with E-state index in [4.69, 9.17) is 5.11 Å². The molecule has 0 aliphatic carbocycles. The molecule has 0 spiro atoms. The van der Waals surface area contributed by atoms with Gasteiger partial charge in [-0.3, -0.25) is 0 Å². The number of unbranched alkanes of at least 4 members (excludes halogenated alkanes) is 24. The highest BCUT2D eigenvalue weighted by molar-refractivity contribution is 4.56. The molecule has 1 atom stereocenters. The predicted molar refractivity (Wildman–Crippen MR) is 163 cm³/mol. The first-order valence-corrected chi connectivity index (χ1v) is 16.8. The smallest absolute Gasteiger partial charge is 0.0402 e. The first-order chi connectivity index (χ1) is 17.2. The van der Waals surface area contributed by atoms with Crippen molar-refractivity contribution in [3.63, 3.8) is 0 Å². The highest BCUT2D eigenvalue weighted by Gasteiger charge is 2.02. The van der Waals surface area contributed by atoms with Crippen LogP contribution in [0.3, 0.4) is 0 Å². The minimum absolute atomic E-state index is 0.250. The topological polar surface area (TPSA) is 20.2 Å². The fourth-order valence-corrected chi connectivity index (χ4v) is 5.17. The fourth-order valence-electron chi connectivity index (χ4n) is 5.17. The van der Waals surface area contributed by atoms with Crippen LogP contribution in [0.15, 0.2) is 0 Å². The van der Waals surface area contributed by atoms with Crippen molar-refractivity contribution < 1.29 is 5.11 Å². The maximum Gasteiger partial charge on any atom is 0.0402 e. The molecule has 0 heterocycles. The van der Waals surface area contributed by atoms with Crippen molar-refractivity contribution in [2.45, 2.75) is 207 Å². The van der Waals surface area contributed by atoms with Gasteiger partial charge in [0.2, 0.25) is 0 Å². The van der Waals surface area contributed by atoms with Crippen LogP contribution in [0.4, 0.5) is 0 Å². The molecular formula is C34H72O. The van der Waals surface area contributed by atoms with E-state index in [9.17, 15) is 0 Å². The fraction of sp³-hybridized carbons (Fsp3) is 1.00. The molecule has 35 heavy (non-hydrogen) atoms. The Morgan fingerprint density at radius 3 is 0.714 bits per heavy atom. The van der Waals surface area contributed by atoms with Crippen LogP contribution in [0.2, 0.25) is 0 Å². The molecule has 0 rings (SSSR count). The lowest BCUT2D eigenvalue weighted by Crippen LogP contribution is -1.95. The third-order valence-corrected chi connectivity index (χ3v) is 7.60. The van der Waals surface area contributed by atoms with Crippen LogP contribution in [-0.4, -0.2) is 11.7 Å². The summed E-state index contributed by atoms with van der Waals surface area (Å²) in [7, 11) is 0. The molecule has 0 aliphatic heterocycles. The normalized spacial score (nSPS) is 11.9. The van der Waals surface area contributed by atoms with Gasteiger partial charge in [0, 0.05) is 6.61 Å². The van der Waals surface area contributed by atoms with Crippen molar-refractivity contribution in [1.82, 2.24) is 0 Å². The van der Waals surface area contributed by atoms with E-state index in [1.165, 1.54) is 180 Å². The lowest BCUT2D eigenvalue weighted by Gasteiger charge is -2.11. The van der Waals surface area contributed by atoms with E-state index < -0.39 is 0 Å². The first kappa shape index (κ1) is 37.1. The van der Waals surface area contributed by atoms with E-state index >= 15 is 0 Å². The van der Waals surface area contributed by atoms with Gasteiger partial charge in [0.25, 0.3) is 0 Å². The molecule has 0 fully saturated rings. The summed E-state index contributed by atoms with van der Waals surface area (Å²) in [5, 5.41) is 7.57. The Balaban J connectivity index is 0. The summed E-state index contributed by atoms with van der Waals surface area (Å²) in [4.78, 5) is 0. The van der Waals surface area contributed by atoms with E-state index in [0.717, 1.165) is 5.92 Å². The van der Waals surface area contributed by atoms with E-state index in [-0.39, 0.29) is 6.61 Å². The maximum atomic E-state index is 7.57. The summed E-state index contributed by atoms with van der Waals surface area (Å²) < 4.78 is 0. The summed E-state index contributed by atoms with van der Waals surface area (Å²) in [6.07, 6.45) is 41.3. The summed E-state index contributed by atoms with van der Waals surface area (Å²) in [5.41, 5.74) is 0. The monoisotopic (exact) mass is 497 g/mol. The van der Waals surface area contributed by atoms with Crippen molar-refractivity contribution >= 4 is 0 Å². The van der Waals surface area contributed by atoms with E-state index in [0.29, 0.717) is 0 Å². The zero-order valence-electron chi connectivity index (χ0n) is 25.5. The molecule has 1 unspecified atom stereocenters. The molecule has 0 bridgehead atoms. The Labute approximate surface area is 225 Å². The Morgan fingerprint density at radius 1 is 0.343 bits per heavy atom. The number of hydrogen-bond acceptors (Lipinski definition) is 1. The number of rotatable bonds is 28. The van der Waals surface area contributed by atoms with Crippen molar-refractivity contribution in [2.24, 2.45) is 5.92 Å². The summed E-state index contributed by atoms with van der Waals surface area (Å²) in [6, 6.07) is 0. The van der Waals surface area contributed by atoms with E-state index in [1.807, 2.05) is 0 Å². The van der Waals surface area contributed by atoms with Crippen LogP contribution in [0.25, 0.3) is 0 Å². The molecule has 0 amide bonds. The SMILES string of the molecule is CCCCCCCCCCCCCCCCC(C)CCCCCCCCCCCCCC.CCO. The molecule has 214 valence electrons. The minimum atomic E-state index is 0.250. The van der Waals surface area contributed by atoms with Crippen LogP contribution in [-0.2, 0) is 0 Å². The third-order valence-electron chi connectivity index (χ3n) is 7.60. The Bertz CT molecular complexity index is 327. The standard InChI is InChI=1S/C32H66.C2H6O/c1-4-6-8-10-12-14-16-18-19-21-23-25-27-29-31-32(3)30-28-26-24-22-20-17-15-13-11-9-7-5-2;1-2-3/h32H,4-31H2,1-3H3;3H,2H2,1H3.